The van der Waals surface area contributed by atoms with Gasteiger partial charge in [-0.3, -0.25) is 0 Å². The van der Waals surface area contributed by atoms with Gasteiger partial charge >= 0.3 is 0 Å². The number of nitrogens with zero attached hydrogens (tertiary/aromatic N) is 2. The van der Waals surface area contributed by atoms with E-state index in [4.69, 9.17) is 12.2 Å². The summed E-state index contributed by atoms with van der Waals surface area (Å²) in [5.74, 6) is 0.562. The Morgan fingerprint density at radius 2 is 1.94 bits per heavy atom. The average Bonchev–Trinajstić information content (AvgIpc) is 2.16. The van der Waals surface area contributed by atoms with E-state index in [2.05, 4.69) is 27.5 Å². The van der Waals surface area contributed by atoms with Gasteiger partial charge in [-0.2, -0.15) is 0 Å². The van der Waals surface area contributed by atoms with E-state index >= 15 is 0 Å². The van der Waals surface area contributed by atoms with Crippen molar-refractivity contribution in [2.24, 2.45) is 0 Å². The zero-order chi connectivity index (χ0) is 12.0. The highest BCUT2D eigenvalue weighted by atomic mass is 32.1. The van der Waals surface area contributed by atoms with Gasteiger partial charge < -0.3 is 10.6 Å². The van der Waals surface area contributed by atoms with Crippen molar-refractivity contribution in [3.63, 3.8) is 0 Å². The Balaban J connectivity index is 2.49. The standard InChI is InChI=1S/C11H18N4S/c1-4-5-6-12-11(16)15-10-13-8(2)7-9(3)14-10/h7H,4-6H2,1-3H3,(H2,12,13,14,15,16). The van der Waals surface area contributed by atoms with Crippen LogP contribution in [-0.2, 0) is 0 Å². The molecule has 1 aromatic rings. The second kappa shape index (κ2) is 6.37. The second-order valence-corrected chi connectivity index (χ2v) is 4.12. The number of aromatic nitrogens is 2. The molecule has 0 saturated heterocycles. The second-order valence-electron chi connectivity index (χ2n) is 3.71. The fraction of sp³-hybridized carbons (Fsp3) is 0.545. The van der Waals surface area contributed by atoms with Crippen molar-refractivity contribution in [1.29, 1.82) is 0 Å². The molecule has 0 spiro atoms. The van der Waals surface area contributed by atoms with Crippen LogP contribution >= 0.6 is 12.2 Å². The molecule has 0 amide bonds. The Morgan fingerprint density at radius 3 is 2.50 bits per heavy atom. The number of thiocarbonyl (C=S) groups is 1. The van der Waals surface area contributed by atoms with Gasteiger partial charge in [-0.05, 0) is 38.6 Å². The molecule has 0 aromatic carbocycles. The van der Waals surface area contributed by atoms with Crippen LogP contribution in [0.1, 0.15) is 31.2 Å². The van der Waals surface area contributed by atoms with Crippen LogP contribution in [-0.4, -0.2) is 21.6 Å². The summed E-state index contributed by atoms with van der Waals surface area (Å²) in [6, 6.07) is 1.93. The number of nitrogens with one attached hydrogen (secondary N) is 2. The van der Waals surface area contributed by atoms with Gasteiger partial charge in [0.15, 0.2) is 5.11 Å². The lowest BCUT2D eigenvalue weighted by Crippen LogP contribution is -2.30. The topological polar surface area (TPSA) is 49.8 Å². The fourth-order valence-corrected chi connectivity index (χ4v) is 1.50. The minimum absolute atomic E-state index is 0.562. The summed E-state index contributed by atoms with van der Waals surface area (Å²) in [6.07, 6.45) is 2.26. The van der Waals surface area contributed by atoms with Crippen LogP contribution in [0.2, 0.25) is 0 Å². The van der Waals surface area contributed by atoms with Crippen LogP contribution < -0.4 is 10.6 Å². The zero-order valence-electron chi connectivity index (χ0n) is 10.0. The molecule has 1 heterocycles. The van der Waals surface area contributed by atoms with E-state index < -0.39 is 0 Å². The van der Waals surface area contributed by atoms with Gasteiger partial charge in [0.05, 0.1) is 0 Å². The molecule has 0 aliphatic carbocycles. The summed E-state index contributed by atoms with van der Waals surface area (Å²) >= 11 is 5.13. The van der Waals surface area contributed by atoms with Gasteiger partial charge in [0, 0.05) is 17.9 Å². The van der Waals surface area contributed by atoms with E-state index in [1.54, 1.807) is 0 Å². The summed E-state index contributed by atoms with van der Waals surface area (Å²) in [6.45, 7) is 6.90. The van der Waals surface area contributed by atoms with Crippen molar-refractivity contribution in [1.82, 2.24) is 15.3 Å². The molecule has 0 unspecified atom stereocenters. The van der Waals surface area contributed by atoms with Crippen molar-refractivity contribution < 1.29 is 0 Å². The highest BCUT2D eigenvalue weighted by molar-refractivity contribution is 7.80. The lowest BCUT2D eigenvalue weighted by molar-refractivity contribution is 0.758. The van der Waals surface area contributed by atoms with Gasteiger partial charge in [0.25, 0.3) is 0 Å². The molecule has 1 rings (SSSR count). The molecule has 0 fully saturated rings. The third kappa shape index (κ3) is 4.53. The Kier molecular flexibility index (Phi) is 5.11. The first kappa shape index (κ1) is 12.8. The van der Waals surface area contributed by atoms with Crippen LogP contribution in [0.5, 0.6) is 0 Å². The van der Waals surface area contributed by atoms with Gasteiger partial charge in [-0.1, -0.05) is 13.3 Å². The van der Waals surface area contributed by atoms with Crippen molar-refractivity contribution >= 4 is 23.3 Å². The fourth-order valence-electron chi connectivity index (χ4n) is 1.31. The van der Waals surface area contributed by atoms with Crippen molar-refractivity contribution in [2.45, 2.75) is 33.6 Å². The number of aryl methyl sites for hydroxylation is 2. The van der Waals surface area contributed by atoms with Crippen LogP contribution in [0.25, 0.3) is 0 Å². The molecule has 0 radical (unpaired) electrons. The molecule has 0 aliphatic rings. The van der Waals surface area contributed by atoms with Gasteiger partial charge in [0.1, 0.15) is 0 Å². The molecule has 0 aliphatic heterocycles. The van der Waals surface area contributed by atoms with E-state index in [1.165, 1.54) is 0 Å². The first-order valence-corrected chi connectivity index (χ1v) is 5.89. The summed E-state index contributed by atoms with van der Waals surface area (Å²) in [7, 11) is 0. The third-order valence-corrected chi connectivity index (χ3v) is 2.27. The third-order valence-electron chi connectivity index (χ3n) is 2.02. The first-order chi connectivity index (χ1) is 7.61. The minimum Gasteiger partial charge on any atom is -0.362 e. The summed E-state index contributed by atoms with van der Waals surface area (Å²) in [5, 5.41) is 6.67. The predicted octanol–water partition coefficient (Wildman–Crippen LogP) is 2.18. The SMILES string of the molecule is CCCCNC(=S)Nc1nc(C)cc(C)n1. The first-order valence-electron chi connectivity index (χ1n) is 5.49. The highest BCUT2D eigenvalue weighted by Crippen LogP contribution is 2.03. The average molecular weight is 238 g/mol. The maximum absolute atomic E-state index is 5.13. The molecule has 88 valence electrons. The summed E-state index contributed by atoms with van der Waals surface area (Å²) in [5.41, 5.74) is 1.87. The van der Waals surface area contributed by atoms with Crippen LogP contribution in [0.3, 0.4) is 0 Å². The van der Waals surface area contributed by atoms with E-state index in [1.807, 2.05) is 19.9 Å². The van der Waals surface area contributed by atoms with Crippen LogP contribution in [0, 0.1) is 13.8 Å². The lowest BCUT2D eigenvalue weighted by Gasteiger charge is -2.09. The normalized spacial score (nSPS) is 9.94. The zero-order valence-corrected chi connectivity index (χ0v) is 10.8. The number of rotatable bonds is 4. The molecule has 0 saturated carbocycles. The Hall–Kier alpha value is -1.23. The molecular formula is C11H18N4S. The van der Waals surface area contributed by atoms with Crippen LogP contribution in [0.4, 0.5) is 5.95 Å². The Labute approximate surface area is 102 Å². The quantitative estimate of drug-likeness (QED) is 0.622. The minimum atomic E-state index is 0.562. The van der Waals surface area contributed by atoms with E-state index in [0.717, 1.165) is 30.8 Å². The monoisotopic (exact) mass is 238 g/mol. The number of hydrogen-bond acceptors (Lipinski definition) is 3. The maximum atomic E-state index is 5.13. The van der Waals surface area contributed by atoms with Crippen LogP contribution in [0.15, 0.2) is 6.07 Å². The largest absolute Gasteiger partial charge is 0.362 e. The number of unbranched alkanes of at least 4 members (excludes halogenated alkanes) is 1. The van der Waals surface area contributed by atoms with E-state index in [-0.39, 0.29) is 0 Å². The summed E-state index contributed by atoms with van der Waals surface area (Å²) in [4.78, 5) is 8.51. The van der Waals surface area contributed by atoms with E-state index in [0.29, 0.717) is 11.1 Å². The Morgan fingerprint density at radius 1 is 1.31 bits per heavy atom. The highest BCUT2D eigenvalue weighted by Gasteiger charge is 2.01. The molecule has 16 heavy (non-hydrogen) atoms. The predicted molar refractivity (Wildman–Crippen MR) is 70.6 cm³/mol. The van der Waals surface area contributed by atoms with Gasteiger partial charge in [0.2, 0.25) is 5.95 Å². The molecule has 2 N–H and O–H groups in total. The van der Waals surface area contributed by atoms with Crippen molar-refractivity contribution in [3.8, 4) is 0 Å². The van der Waals surface area contributed by atoms with Gasteiger partial charge in [-0.15, -0.1) is 0 Å². The van der Waals surface area contributed by atoms with Crippen molar-refractivity contribution in [2.75, 3.05) is 11.9 Å². The molecule has 0 atom stereocenters. The molecule has 0 bridgehead atoms. The Bertz CT molecular complexity index is 345. The maximum Gasteiger partial charge on any atom is 0.229 e. The molecule has 1 aromatic heterocycles. The number of hydrogen-bond donors (Lipinski definition) is 2. The van der Waals surface area contributed by atoms with Crippen molar-refractivity contribution in [3.05, 3.63) is 17.5 Å². The smallest absolute Gasteiger partial charge is 0.229 e. The molecular weight excluding hydrogens is 220 g/mol. The van der Waals surface area contributed by atoms with E-state index in [9.17, 15) is 0 Å². The summed E-state index contributed by atoms with van der Waals surface area (Å²) < 4.78 is 0. The molecule has 4 nitrogen and oxygen atoms in total. The lowest BCUT2D eigenvalue weighted by atomic mass is 10.3. The number of anilines is 1. The van der Waals surface area contributed by atoms with Gasteiger partial charge in [-0.25, -0.2) is 9.97 Å². The molecule has 5 heteroatoms.